The Hall–Kier alpha value is -3.20. The number of thioether (sulfide) groups is 1. The molecule has 2 N–H and O–H groups in total. The van der Waals surface area contributed by atoms with Crippen LogP contribution in [-0.4, -0.2) is 70.8 Å². The van der Waals surface area contributed by atoms with Crippen molar-refractivity contribution in [2.24, 2.45) is 0 Å². The minimum absolute atomic E-state index is 0.160. The van der Waals surface area contributed by atoms with Gasteiger partial charge >= 0.3 is 6.09 Å². The van der Waals surface area contributed by atoms with Gasteiger partial charge in [0.25, 0.3) is 0 Å². The number of anilines is 1. The number of piperazine rings is 1. The van der Waals surface area contributed by atoms with Gasteiger partial charge in [-0.15, -0.1) is 0 Å². The molecule has 0 unspecified atom stereocenters. The van der Waals surface area contributed by atoms with E-state index >= 15 is 0 Å². The van der Waals surface area contributed by atoms with Crippen molar-refractivity contribution in [3.05, 3.63) is 59.3 Å². The number of carbonyl (C=O) groups excluding carboxylic acids is 2. The fourth-order valence-electron chi connectivity index (χ4n) is 3.93. The molecule has 1 saturated heterocycles. The maximum Gasteiger partial charge on any atom is 0.413 e. The van der Waals surface area contributed by atoms with Crippen LogP contribution in [0.25, 0.3) is 11.0 Å². The number of fused-ring (bicyclic) bond motifs is 1. The summed E-state index contributed by atoms with van der Waals surface area (Å²) in [5.74, 6) is 2.33. The number of nitrogens with zero attached hydrogens (tertiary/aromatic N) is 3. The highest BCUT2D eigenvalue weighted by Crippen LogP contribution is 2.23. The number of allylic oxidation sites excluding steroid dienone is 4. The molecule has 2 amide bonds. The fraction of sp³-hybridized carbons (Fsp3) is 0.375. The van der Waals surface area contributed by atoms with Gasteiger partial charge in [0.2, 0.25) is 11.9 Å². The van der Waals surface area contributed by atoms with Gasteiger partial charge in [0, 0.05) is 56.7 Å². The molecule has 1 aromatic heterocycles. The second-order valence-corrected chi connectivity index (χ2v) is 9.03. The first kappa shape index (κ1) is 23.0. The van der Waals surface area contributed by atoms with Gasteiger partial charge in [-0.1, -0.05) is 24.3 Å². The predicted octanol–water partition coefficient (Wildman–Crippen LogP) is 3.91. The van der Waals surface area contributed by atoms with E-state index in [9.17, 15) is 9.59 Å². The molecule has 0 saturated carbocycles. The third-order valence-corrected chi connectivity index (χ3v) is 6.85. The molecule has 0 spiro atoms. The Labute approximate surface area is 197 Å². The minimum atomic E-state index is -0.551. The van der Waals surface area contributed by atoms with Gasteiger partial charge in [0.15, 0.2) is 0 Å². The number of nitrogens with one attached hydrogen (secondary N) is 2. The Morgan fingerprint density at radius 2 is 2.00 bits per heavy atom. The van der Waals surface area contributed by atoms with Crippen molar-refractivity contribution >= 4 is 40.7 Å². The summed E-state index contributed by atoms with van der Waals surface area (Å²) in [4.78, 5) is 34.7. The van der Waals surface area contributed by atoms with E-state index < -0.39 is 6.09 Å². The van der Waals surface area contributed by atoms with Crippen molar-refractivity contribution in [3.8, 4) is 0 Å². The van der Waals surface area contributed by atoms with Crippen LogP contribution in [0.2, 0.25) is 0 Å². The van der Waals surface area contributed by atoms with E-state index in [1.807, 2.05) is 28.8 Å². The van der Waals surface area contributed by atoms with E-state index in [2.05, 4.69) is 55.3 Å². The monoisotopic (exact) mass is 467 g/mol. The maximum atomic E-state index is 11.5. The van der Waals surface area contributed by atoms with Crippen LogP contribution in [0.3, 0.4) is 0 Å². The standard InChI is InChI=1S/C24H29N5O3S/c1-17(30)28-10-12-29(13-11-28)20-5-3-4-18(6-8-20)15-33-16-19-7-9-21-22(14-19)26-23(25-21)27-24(31)32-2/h3-4,6-9,14H,5,10-13,15-16H2,1-2H3,(H2,25,26,27,31). The number of aromatic amines is 1. The highest BCUT2D eigenvalue weighted by atomic mass is 32.2. The molecule has 0 radical (unpaired) electrons. The third kappa shape index (κ3) is 5.98. The second kappa shape index (κ2) is 10.6. The topological polar surface area (TPSA) is 90.6 Å². The van der Waals surface area contributed by atoms with Crippen LogP contribution in [-0.2, 0) is 15.3 Å². The van der Waals surface area contributed by atoms with Crippen molar-refractivity contribution in [1.82, 2.24) is 19.8 Å². The zero-order valence-corrected chi connectivity index (χ0v) is 19.8. The van der Waals surface area contributed by atoms with Gasteiger partial charge in [-0.3, -0.25) is 10.1 Å². The van der Waals surface area contributed by atoms with E-state index in [1.54, 1.807) is 6.92 Å². The summed E-state index contributed by atoms with van der Waals surface area (Å²) in [5.41, 5.74) is 5.47. The highest BCUT2D eigenvalue weighted by molar-refractivity contribution is 7.98. The smallest absolute Gasteiger partial charge is 0.413 e. The number of imidazole rings is 1. The van der Waals surface area contributed by atoms with Crippen LogP contribution < -0.4 is 5.32 Å². The Kier molecular flexibility index (Phi) is 7.39. The lowest BCUT2D eigenvalue weighted by atomic mass is 10.2. The predicted molar refractivity (Wildman–Crippen MR) is 132 cm³/mol. The molecule has 1 aliphatic heterocycles. The van der Waals surface area contributed by atoms with Crippen LogP contribution in [0.15, 0.2) is 53.8 Å². The van der Waals surface area contributed by atoms with E-state index in [1.165, 1.54) is 23.9 Å². The average Bonchev–Trinajstić information content (AvgIpc) is 3.06. The molecule has 9 heteroatoms. The van der Waals surface area contributed by atoms with E-state index in [4.69, 9.17) is 0 Å². The van der Waals surface area contributed by atoms with E-state index in [0.717, 1.165) is 55.1 Å². The molecule has 33 heavy (non-hydrogen) atoms. The second-order valence-electron chi connectivity index (χ2n) is 8.05. The quantitative estimate of drug-likeness (QED) is 0.670. The lowest BCUT2D eigenvalue weighted by Crippen LogP contribution is -2.47. The number of carbonyl (C=O) groups is 2. The summed E-state index contributed by atoms with van der Waals surface area (Å²) < 4.78 is 4.60. The van der Waals surface area contributed by atoms with Gasteiger partial charge in [-0.05, 0) is 29.3 Å². The molecular formula is C24H29N5O3S. The number of amides is 2. The lowest BCUT2D eigenvalue weighted by Gasteiger charge is -2.36. The lowest BCUT2D eigenvalue weighted by molar-refractivity contribution is -0.130. The van der Waals surface area contributed by atoms with Gasteiger partial charge in [0.05, 0.1) is 18.1 Å². The summed E-state index contributed by atoms with van der Waals surface area (Å²) in [6.07, 6.45) is 9.25. The molecule has 1 aliphatic carbocycles. The molecule has 4 rings (SSSR count). The molecule has 8 nitrogen and oxygen atoms in total. The van der Waals surface area contributed by atoms with Crippen molar-refractivity contribution in [1.29, 1.82) is 0 Å². The van der Waals surface area contributed by atoms with Crippen molar-refractivity contribution in [3.63, 3.8) is 0 Å². The zero-order chi connectivity index (χ0) is 23.2. The first-order chi connectivity index (χ1) is 16.0. The van der Waals surface area contributed by atoms with Crippen molar-refractivity contribution in [2.75, 3.05) is 44.4 Å². The number of H-pyrrole nitrogens is 1. The normalized spacial score (nSPS) is 16.3. The highest BCUT2D eigenvalue weighted by Gasteiger charge is 2.19. The summed E-state index contributed by atoms with van der Waals surface area (Å²) >= 11 is 1.86. The Bertz CT molecular complexity index is 1110. The van der Waals surface area contributed by atoms with Crippen LogP contribution in [0.5, 0.6) is 0 Å². The SMILES string of the molecule is COC(=O)Nc1nc2cc(CSCC3=CC=C(N4CCN(C(C)=O)CC4)CC=C3)ccc2[nH]1. The first-order valence-electron chi connectivity index (χ1n) is 11.0. The fourth-order valence-corrected chi connectivity index (χ4v) is 4.88. The number of rotatable bonds is 6. The van der Waals surface area contributed by atoms with Gasteiger partial charge in [-0.2, -0.15) is 11.8 Å². The number of aromatic nitrogens is 2. The molecular weight excluding hydrogens is 438 g/mol. The summed E-state index contributed by atoms with van der Waals surface area (Å²) in [7, 11) is 1.32. The van der Waals surface area contributed by atoms with Crippen LogP contribution in [0.4, 0.5) is 10.7 Å². The molecule has 2 aliphatic rings. The molecule has 1 fully saturated rings. The Balaban J connectivity index is 1.30. The van der Waals surface area contributed by atoms with Crippen molar-refractivity contribution < 1.29 is 14.3 Å². The van der Waals surface area contributed by atoms with Gasteiger partial charge in [0.1, 0.15) is 0 Å². The number of hydrogen-bond acceptors (Lipinski definition) is 6. The molecule has 2 aromatic rings. The number of hydrogen-bond donors (Lipinski definition) is 2. The molecule has 174 valence electrons. The van der Waals surface area contributed by atoms with E-state index in [0.29, 0.717) is 5.95 Å². The molecule has 0 atom stereocenters. The number of ether oxygens (including phenoxy) is 1. The van der Waals surface area contributed by atoms with Crippen LogP contribution in [0, 0.1) is 0 Å². The maximum absolute atomic E-state index is 11.5. The number of methoxy groups -OCH3 is 1. The van der Waals surface area contributed by atoms with Crippen LogP contribution in [0.1, 0.15) is 18.9 Å². The molecule has 2 heterocycles. The minimum Gasteiger partial charge on any atom is -0.453 e. The average molecular weight is 468 g/mol. The van der Waals surface area contributed by atoms with Crippen molar-refractivity contribution in [2.45, 2.75) is 19.1 Å². The van der Waals surface area contributed by atoms with Gasteiger partial charge < -0.3 is 19.5 Å². The largest absolute Gasteiger partial charge is 0.453 e. The summed E-state index contributed by atoms with van der Waals surface area (Å²) in [6.45, 7) is 5.02. The third-order valence-electron chi connectivity index (χ3n) is 5.77. The van der Waals surface area contributed by atoms with Crippen LogP contribution >= 0.6 is 11.8 Å². The van der Waals surface area contributed by atoms with E-state index in [-0.39, 0.29) is 5.91 Å². The molecule has 1 aromatic carbocycles. The zero-order valence-electron chi connectivity index (χ0n) is 19.0. The molecule has 0 bridgehead atoms. The summed E-state index contributed by atoms with van der Waals surface area (Å²) in [5, 5.41) is 2.55. The first-order valence-corrected chi connectivity index (χ1v) is 12.2. The Morgan fingerprint density at radius 3 is 2.76 bits per heavy atom. The Morgan fingerprint density at radius 1 is 1.18 bits per heavy atom. The van der Waals surface area contributed by atoms with Gasteiger partial charge in [-0.25, -0.2) is 9.78 Å². The summed E-state index contributed by atoms with van der Waals surface area (Å²) in [6, 6.07) is 6.09. The number of benzene rings is 1.